The van der Waals surface area contributed by atoms with E-state index in [-0.39, 0.29) is 30.2 Å². The van der Waals surface area contributed by atoms with Gasteiger partial charge in [-0.05, 0) is 98.2 Å². The van der Waals surface area contributed by atoms with Crippen LogP contribution in [0, 0.1) is 44.3 Å². The van der Waals surface area contributed by atoms with Crippen LogP contribution in [0.4, 0.5) is 15.8 Å². The number of halogens is 4. The summed E-state index contributed by atoms with van der Waals surface area (Å²) in [4.78, 5) is 54.9. The van der Waals surface area contributed by atoms with E-state index in [2.05, 4.69) is 0 Å². The molecular weight excluding hydrogens is 654 g/mol. The Labute approximate surface area is 279 Å². The Kier molecular flexibility index (Phi) is 6.98. The van der Waals surface area contributed by atoms with Crippen molar-refractivity contribution in [3.05, 3.63) is 99.3 Å². The van der Waals surface area contributed by atoms with Crippen LogP contribution >= 0.6 is 34.8 Å². The number of benzene rings is 3. The molecular formula is C35H28Cl3FN2O5. The number of anilines is 2. The highest BCUT2D eigenvalue weighted by atomic mass is 35.5. The molecule has 4 amide bonds. The third kappa shape index (κ3) is 4.02. The van der Waals surface area contributed by atoms with E-state index >= 15 is 0 Å². The molecule has 6 atom stereocenters. The lowest BCUT2D eigenvalue weighted by Gasteiger charge is -2.50. The minimum absolute atomic E-state index is 0.0697. The molecule has 0 aromatic heterocycles. The number of aromatic hydroxyl groups is 1. The third-order valence-electron chi connectivity index (χ3n) is 10.2. The smallest absolute Gasteiger partial charge is 0.258 e. The summed E-state index contributed by atoms with van der Waals surface area (Å²) in [5.41, 5.74) is 3.44. The van der Waals surface area contributed by atoms with E-state index in [1.807, 2.05) is 13.0 Å². The van der Waals surface area contributed by atoms with Crippen molar-refractivity contribution in [2.45, 2.75) is 49.3 Å². The second-order valence-electron chi connectivity index (χ2n) is 12.7. The van der Waals surface area contributed by atoms with Gasteiger partial charge in [-0.3, -0.25) is 19.2 Å². The van der Waals surface area contributed by atoms with Crippen molar-refractivity contribution in [2.24, 2.45) is 17.8 Å². The standard InChI is InChI=1S/C35H28Cl3FN2O5/c1-16-4-7-22(14-26(16)36)40-30(43)24-11-10-23-25(27(24)31(40)44)15-34(37)32(45)41(21-8-5-20(39)6-9-21)33(46)35(34,38)28(23)19-12-17(2)29(42)18(3)13-19/h4-10,12-14,24-25,27-28,42H,11,15H2,1-3H3/t24-,25+,27-,28-,34+,35-/m0/s1. The number of imide groups is 2. The second kappa shape index (κ2) is 10.4. The monoisotopic (exact) mass is 680 g/mol. The lowest BCUT2D eigenvalue weighted by molar-refractivity contribution is -0.125. The predicted molar refractivity (Wildman–Crippen MR) is 173 cm³/mol. The summed E-state index contributed by atoms with van der Waals surface area (Å²) in [6.07, 6.45) is 1.86. The van der Waals surface area contributed by atoms with Gasteiger partial charge in [-0.15, -0.1) is 23.2 Å². The molecule has 0 spiro atoms. The number of aryl methyl sites for hydroxylation is 3. The van der Waals surface area contributed by atoms with Crippen LogP contribution in [-0.2, 0) is 19.2 Å². The molecule has 2 saturated heterocycles. The Balaban J connectivity index is 1.41. The Morgan fingerprint density at radius 3 is 2.07 bits per heavy atom. The number of allylic oxidation sites excluding steroid dienone is 2. The molecule has 3 fully saturated rings. The van der Waals surface area contributed by atoms with E-state index < -0.39 is 57.0 Å². The Bertz CT molecular complexity index is 1910. The van der Waals surface area contributed by atoms with Crippen LogP contribution in [0.1, 0.15) is 41.0 Å². The molecule has 2 aliphatic carbocycles. The van der Waals surface area contributed by atoms with Crippen LogP contribution < -0.4 is 9.80 Å². The molecule has 3 aromatic rings. The molecule has 11 heteroatoms. The maximum absolute atomic E-state index is 14.5. The van der Waals surface area contributed by atoms with Crippen LogP contribution in [0.15, 0.2) is 66.2 Å². The molecule has 46 heavy (non-hydrogen) atoms. The molecule has 7 nitrogen and oxygen atoms in total. The zero-order valence-electron chi connectivity index (χ0n) is 25.0. The summed E-state index contributed by atoms with van der Waals surface area (Å²) < 4.78 is 13.9. The summed E-state index contributed by atoms with van der Waals surface area (Å²) in [5.74, 6) is -6.23. The minimum atomic E-state index is -2.05. The van der Waals surface area contributed by atoms with E-state index in [0.29, 0.717) is 33.0 Å². The van der Waals surface area contributed by atoms with Gasteiger partial charge in [0.15, 0.2) is 9.75 Å². The lowest BCUT2D eigenvalue weighted by atomic mass is 9.56. The minimum Gasteiger partial charge on any atom is -0.507 e. The van der Waals surface area contributed by atoms with Crippen molar-refractivity contribution >= 4 is 69.8 Å². The van der Waals surface area contributed by atoms with E-state index in [1.54, 1.807) is 44.2 Å². The summed E-state index contributed by atoms with van der Waals surface area (Å²) in [5, 5.41) is 11.0. The van der Waals surface area contributed by atoms with Crippen LogP contribution in [0.2, 0.25) is 5.02 Å². The van der Waals surface area contributed by atoms with Crippen LogP contribution in [0.5, 0.6) is 5.75 Å². The van der Waals surface area contributed by atoms with Gasteiger partial charge in [-0.25, -0.2) is 14.2 Å². The van der Waals surface area contributed by atoms with Crippen molar-refractivity contribution in [1.82, 2.24) is 0 Å². The fraction of sp³-hybridized carbons (Fsp3) is 0.314. The van der Waals surface area contributed by atoms with Crippen LogP contribution in [0.25, 0.3) is 0 Å². The lowest BCUT2D eigenvalue weighted by Crippen LogP contribution is -2.60. The third-order valence-corrected chi connectivity index (χ3v) is 12.0. The maximum atomic E-state index is 14.5. The molecule has 7 rings (SSSR count). The van der Waals surface area contributed by atoms with E-state index in [9.17, 15) is 28.7 Å². The first-order valence-electron chi connectivity index (χ1n) is 14.9. The average Bonchev–Trinajstić information content (AvgIpc) is 3.35. The molecule has 0 unspecified atom stereocenters. The summed E-state index contributed by atoms with van der Waals surface area (Å²) >= 11 is 21.2. The first-order chi connectivity index (χ1) is 21.7. The highest BCUT2D eigenvalue weighted by molar-refractivity contribution is 6.58. The fourth-order valence-electron chi connectivity index (χ4n) is 7.90. The molecule has 236 valence electrons. The number of carbonyl (C=O) groups is 4. The summed E-state index contributed by atoms with van der Waals surface area (Å²) in [7, 11) is 0. The molecule has 0 radical (unpaired) electrons. The topological polar surface area (TPSA) is 95.0 Å². The van der Waals surface area contributed by atoms with Crippen molar-refractivity contribution in [3.8, 4) is 5.75 Å². The van der Waals surface area contributed by atoms with Gasteiger partial charge in [0.1, 0.15) is 11.6 Å². The molecule has 4 aliphatic rings. The van der Waals surface area contributed by atoms with Crippen molar-refractivity contribution in [1.29, 1.82) is 0 Å². The largest absolute Gasteiger partial charge is 0.507 e. The number of phenols is 1. The van der Waals surface area contributed by atoms with Crippen LogP contribution in [0.3, 0.4) is 0 Å². The second-order valence-corrected chi connectivity index (χ2v) is 14.3. The Morgan fingerprint density at radius 2 is 1.43 bits per heavy atom. The van der Waals surface area contributed by atoms with Gasteiger partial charge in [0, 0.05) is 10.9 Å². The predicted octanol–water partition coefficient (Wildman–Crippen LogP) is 6.88. The van der Waals surface area contributed by atoms with Crippen molar-refractivity contribution in [3.63, 3.8) is 0 Å². The Morgan fingerprint density at radius 1 is 0.804 bits per heavy atom. The molecule has 2 aliphatic heterocycles. The van der Waals surface area contributed by atoms with Gasteiger partial charge >= 0.3 is 0 Å². The molecule has 1 saturated carbocycles. The number of fused-ring (bicyclic) bond motifs is 4. The SMILES string of the molecule is Cc1ccc(N2C(=O)[C@H]3[C@H](CC=C4[C@H]3C[C@@]3(Cl)C(=O)N(c5ccc(F)cc5)C(=O)[C@@]3(Cl)[C@H]4c3cc(C)c(O)c(C)c3)C2=O)cc1Cl. The highest BCUT2D eigenvalue weighted by Gasteiger charge is 2.76. The molecule has 0 bridgehead atoms. The van der Waals surface area contributed by atoms with Crippen molar-refractivity contribution in [2.75, 3.05) is 9.80 Å². The quantitative estimate of drug-likeness (QED) is 0.185. The molecule has 1 N–H and O–H groups in total. The molecule has 2 heterocycles. The van der Waals surface area contributed by atoms with E-state index in [4.69, 9.17) is 34.8 Å². The highest BCUT2D eigenvalue weighted by Crippen LogP contribution is 2.66. The number of hydrogen-bond donors (Lipinski definition) is 1. The van der Waals surface area contributed by atoms with Gasteiger partial charge in [-0.2, -0.15) is 0 Å². The first-order valence-corrected chi connectivity index (χ1v) is 16.0. The van der Waals surface area contributed by atoms with Gasteiger partial charge in [0.25, 0.3) is 11.8 Å². The fourth-order valence-corrected chi connectivity index (χ4v) is 9.01. The van der Waals surface area contributed by atoms with Gasteiger partial charge < -0.3 is 5.11 Å². The normalized spacial score (nSPS) is 30.4. The van der Waals surface area contributed by atoms with E-state index in [0.717, 1.165) is 27.5 Å². The zero-order valence-corrected chi connectivity index (χ0v) is 27.3. The van der Waals surface area contributed by atoms with Crippen molar-refractivity contribution < 1.29 is 28.7 Å². The van der Waals surface area contributed by atoms with Gasteiger partial charge in [-0.1, -0.05) is 41.4 Å². The number of amides is 4. The summed E-state index contributed by atoms with van der Waals surface area (Å²) in [6, 6.07) is 13.2. The first kappa shape index (κ1) is 30.9. The number of rotatable bonds is 3. The van der Waals surface area contributed by atoms with Gasteiger partial charge in [0.2, 0.25) is 11.8 Å². The number of alkyl halides is 2. The number of carbonyl (C=O) groups excluding carboxylic acids is 4. The maximum Gasteiger partial charge on any atom is 0.258 e. The van der Waals surface area contributed by atoms with E-state index in [1.165, 1.54) is 12.1 Å². The molecule has 3 aromatic carbocycles. The number of nitrogens with zero attached hydrogens (tertiary/aromatic N) is 2. The van der Waals surface area contributed by atoms with Crippen LogP contribution in [-0.4, -0.2) is 38.5 Å². The number of phenolic OH excluding ortho intramolecular Hbond substituents is 1. The summed E-state index contributed by atoms with van der Waals surface area (Å²) in [6.45, 7) is 5.24. The van der Waals surface area contributed by atoms with Gasteiger partial charge in [0.05, 0.1) is 23.2 Å². The zero-order chi connectivity index (χ0) is 33.0. The average molecular weight is 682 g/mol. The number of hydrogen-bond acceptors (Lipinski definition) is 5. The Hall–Kier alpha value is -3.72.